The van der Waals surface area contributed by atoms with Gasteiger partial charge in [-0.1, -0.05) is 0 Å². The largest absolute Gasteiger partial charge is 0.349 e. The fourth-order valence-corrected chi connectivity index (χ4v) is 3.94. The van der Waals surface area contributed by atoms with Crippen LogP contribution < -0.4 is 16.4 Å². The molecule has 9 heteroatoms. The van der Waals surface area contributed by atoms with E-state index < -0.39 is 0 Å². The summed E-state index contributed by atoms with van der Waals surface area (Å²) >= 11 is 0. The molecule has 3 aromatic heterocycles. The molecule has 0 saturated heterocycles. The maximum atomic E-state index is 12.4. The van der Waals surface area contributed by atoms with Crippen LogP contribution in [0.2, 0.25) is 0 Å². The van der Waals surface area contributed by atoms with Gasteiger partial charge in [-0.25, -0.2) is 9.36 Å². The first-order valence-corrected chi connectivity index (χ1v) is 10.0. The quantitative estimate of drug-likeness (QED) is 0.681. The molecular formula is C21H24N6O3. The smallest absolute Gasteiger partial charge is 0.267 e. The molecule has 1 saturated carbocycles. The highest BCUT2D eigenvalue weighted by atomic mass is 16.2. The molecule has 30 heavy (non-hydrogen) atoms. The van der Waals surface area contributed by atoms with Gasteiger partial charge in [-0.05, 0) is 57.7 Å². The van der Waals surface area contributed by atoms with Crippen molar-refractivity contribution in [1.82, 2.24) is 29.9 Å². The molecule has 156 valence electrons. The van der Waals surface area contributed by atoms with E-state index in [1.165, 1.54) is 24.4 Å². The molecule has 0 aromatic carbocycles. The van der Waals surface area contributed by atoms with Crippen LogP contribution in [0.5, 0.6) is 0 Å². The van der Waals surface area contributed by atoms with Gasteiger partial charge >= 0.3 is 0 Å². The van der Waals surface area contributed by atoms with Gasteiger partial charge in [-0.15, -0.1) is 5.10 Å². The monoisotopic (exact) mass is 408 g/mol. The minimum Gasteiger partial charge on any atom is -0.349 e. The average Bonchev–Trinajstić information content (AvgIpc) is 3.07. The Labute approximate surface area is 172 Å². The molecule has 2 N–H and O–H groups in total. The summed E-state index contributed by atoms with van der Waals surface area (Å²) in [6.07, 6.45) is 4.39. The van der Waals surface area contributed by atoms with E-state index >= 15 is 0 Å². The normalized spacial score (nSPS) is 18.9. The summed E-state index contributed by atoms with van der Waals surface area (Å²) in [4.78, 5) is 38.4. The zero-order valence-corrected chi connectivity index (χ0v) is 17.0. The number of amides is 1. The Morgan fingerprint density at radius 3 is 2.47 bits per heavy atom. The number of carbonyl (C=O) groups excluding carboxylic acids is 1. The molecule has 1 aliphatic rings. The molecular weight excluding hydrogens is 384 g/mol. The molecule has 3 heterocycles. The highest BCUT2D eigenvalue weighted by Gasteiger charge is 2.25. The van der Waals surface area contributed by atoms with Crippen molar-refractivity contribution in [3.63, 3.8) is 0 Å². The van der Waals surface area contributed by atoms with Crippen LogP contribution in [-0.4, -0.2) is 36.5 Å². The molecule has 0 radical (unpaired) electrons. The van der Waals surface area contributed by atoms with E-state index in [0.29, 0.717) is 11.4 Å². The third-order valence-corrected chi connectivity index (χ3v) is 5.46. The molecule has 0 spiro atoms. The minimum atomic E-state index is -0.243. The van der Waals surface area contributed by atoms with Gasteiger partial charge in [-0.2, -0.15) is 5.10 Å². The lowest BCUT2D eigenvalue weighted by molar-refractivity contribution is 0.0921. The number of nitrogens with one attached hydrogen (secondary N) is 2. The van der Waals surface area contributed by atoms with Gasteiger partial charge in [0.15, 0.2) is 5.82 Å². The number of nitrogens with zero attached hydrogens (tertiary/aromatic N) is 4. The van der Waals surface area contributed by atoms with Gasteiger partial charge < -0.3 is 10.3 Å². The summed E-state index contributed by atoms with van der Waals surface area (Å²) < 4.78 is 3.28. The Morgan fingerprint density at radius 2 is 1.83 bits per heavy atom. The SMILES string of the molecule is Cc1cc(C)n(-c2ccc(=O)n(C3CCC(NC(=O)c4ccc(=O)[nH]c4)CC3)n2)n1. The average molecular weight is 408 g/mol. The molecule has 0 atom stereocenters. The van der Waals surface area contributed by atoms with Crippen LogP contribution in [-0.2, 0) is 0 Å². The number of carbonyl (C=O) groups is 1. The molecule has 1 fully saturated rings. The Morgan fingerprint density at radius 1 is 1.07 bits per heavy atom. The zero-order valence-electron chi connectivity index (χ0n) is 17.0. The van der Waals surface area contributed by atoms with Crippen molar-refractivity contribution in [2.75, 3.05) is 0 Å². The first-order valence-electron chi connectivity index (χ1n) is 10.0. The topological polar surface area (TPSA) is 115 Å². The van der Waals surface area contributed by atoms with Crippen molar-refractivity contribution >= 4 is 5.91 Å². The summed E-state index contributed by atoms with van der Waals surface area (Å²) in [6, 6.07) is 8.03. The third-order valence-electron chi connectivity index (χ3n) is 5.46. The van der Waals surface area contributed by atoms with Crippen LogP contribution in [0.1, 0.15) is 53.5 Å². The zero-order chi connectivity index (χ0) is 21.3. The molecule has 1 aliphatic carbocycles. The highest BCUT2D eigenvalue weighted by Crippen LogP contribution is 2.27. The van der Waals surface area contributed by atoms with Crippen LogP contribution in [0.3, 0.4) is 0 Å². The van der Waals surface area contributed by atoms with Crippen LogP contribution in [0, 0.1) is 13.8 Å². The number of aromatic amines is 1. The van der Waals surface area contributed by atoms with Gasteiger partial charge in [0.25, 0.3) is 11.5 Å². The second kappa shape index (κ2) is 8.10. The Kier molecular flexibility index (Phi) is 5.35. The van der Waals surface area contributed by atoms with Crippen molar-refractivity contribution in [2.24, 2.45) is 0 Å². The van der Waals surface area contributed by atoms with Gasteiger partial charge in [0.05, 0.1) is 17.3 Å². The summed E-state index contributed by atoms with van der Waals surface area (Å²) in [7, 11) is 0. The predicted octanol–water partition coefficient (Wildman–Crippen LogP) is 1.65. The van der Waals surface area contributed by atoms with E-state index in [1.807, 2.05) is 19.9 Å². The maximum Gasteiger partial charge on any atom is 0.267 e. The first kappa shape index (κ1) is 19.8. The maximum absolute atomic E-state index is 12.4. The van der Waals surface area contributed by atoms with E-state index in [2.05, 4.69) is 20.5 Å². The van der Waals surface area contributed by atoms with Crippen molar-refractivity contribution in [3.05, 3.63) is 74.2 Å². The van der Waals surface area contributed by atoms with Crippen LogP contribution in [0.4, 0.5) is 0 Å². The number of hydrogen-bond donors (Lipinski definition) is 2. The van der Waals surface area contributed by atoms with E-state index in [0.717, 1.165) is 37.1 Å². The number of H-pyrrole nitrogens is 1. The number of aryl methyl sites for hydroxylation is 2. The lowest BCUT2D eigenvalue weighted by Gasteiger charge is -2.29. The van der Waals surface area contributed by atoms with Gasteiger partial charge in [0.2, 0.25) is 5.56 Å². The minimum absolute atomic E-state index is 0.0179. The van der Waals surface area contributed by atoms with Crippen molar-refractivity contribution in [1.29, 1.82) is 0 Å². The van der Waals surface area contributed by atoms with E-state index in [9.17, 15) is 14.4 Å². The van der Waals surface area contributed by atoms with Crippen LogP contribution >= 0.6 is 0 Å². The van der Waals surface area contributed by atoms with Gasteiger partial charge in [0, 0.05) is 30.1 Å². The summed E-state index contributed by atoms with van der Waals surface area (Å²) in [5, 5.41) is 12.0. The van der Waals surface area contributed by atoms with Crippen molar-refractivity contribution in [3.8, 4) is 5.82 Å². The second-order valence-corrected chi connectivity index (χ2v) is 7.73. The predicted molar refractivity (Wildman–Crippen MR) is 111 cm³/mol. The molecule has 9 nitrogen and oxygen atoms in total. The molecule has 1 amide bonds. The number of pyridine rings is 1. The van der Waals surface area contributed by atoms with Crippen LogP contribution in [0.25, 0.3) is 5.82 Å². The lowest BCUT2D eigenvalue weighted by atomic mass is 9.91. The van der Waals surface area contributed by atoms with Crippen molar-refractivity contribution in [2.45, 2.75) is 51.6 Å². The molecule has 3 aromatic rings. The number of hydrogen-bond acceptors (Lipinski definition) is 5. The summed E-state index contributed by atoms with van der Waals surface area (Å²) in [5.41, 5.74) is 1.89. The summed E-state index contributed by atoms with van der Waals surface area (Å²) in [5.74, 6) is 0.408. The van der Waals surface area contributed by atoms with E-state index in [4.69, 9.17) is 0 Å². The third kappa shape index (κ3) is 4.10. The van der Waals surface area contributed by atoms with Gasteiger partial charge in [-0.3, -0.25) is 14.4 Å². The number of rotatable bonds is 4. The Hall–Kier alpha value is -3.49. The van der Waals surface area contributed by atoms with E-state index in [-0.39, 0.29) is 29.1 Å². The highest BCUT2D eigenvalue weighted by molar-refractivity contribution is 5.93. The Bertz CT molecular complexity index is 1160. The molecule has 0 aliphatic heterocycles. The Balaban J connectivity index is 1.44. The van der Waals surface area contributed by atoms with Crippen LogP contribution in [0.15, 0.2) is 46.1 Å². The van der Waals surface area contributed by atoms with E-state index in [1.54, 1.807) is 15.4 Å². The van der Waals surface area contributed by atoms with Crippen molar-refractivity contribution < 1.29 is 4.79 Å². The molecule has 4 rings (SSSR count). The second-order valence-electron chi connectivity index (χ2n) is 7.73. The summed E-state index contributed by atoms with van der Waals surface area (Å²) in [6.45, 7) is 3.87. The fraction of sp³-hybridized carbons (Fsp3) is 0.381. The lowest BCUT2D eigenvalue weighted by Crippen LogP contribution is -2.39. The first-order chi connectivity index (χ1) is 14.4. The fourth-order valence-electron chi connectivity index (χ4n) is 3.94. The molecule has 0 bridgehead atoms. The van der Waals surface area contributed by atoms with Gasteiger partial charge in [0.1, 0.15) is 0 Å². The molecule has 0 unspecified atom stereocenters. The number of aromatic nitrogens is 5. The standard InChI is InChI=1S/C21H24N6O3/c1-13-11-14(2)26(24-13)18-8-10-20(29)27(25-18)17-6-4-16(5-7-17)23-21(30)15-3-9-19(28)22-12-15/h3,8-12,16-17H,4-7H2,1-2H3,(H,22,28)(H,23,30).